The maximum Gasteiger partial charge on any atom is 0.616 e. The summed E-state index contributed by atoms with van der Waals surface area (Å²) in [6, 6.07) is 7.74. The van der Waals surface area contributed by atoms with Gasteiger partial charge in [0.2, 0.25) is 5.69 Å². The molecule has 27 heavy (non-hydrogen) atoms. The summed E-state index contributed by atoms with van der Waals surface area (Å²) >= 11 is 7.49. The summed E-state index contributed by atoms with van der Waals surface area (Å²) in [5, 5.41) is 1.77. The fraction of sp³-hybridized carbons (Fsp3) is 0.474. The van der Waals surface area contributed by atoms with E-state index in [-0.39, 0.29) is 23.1 Å². The molecule has 0 atom stereocenters. The van der Waals surface area contributed by atoms with Crippen LogP contribution in [0.25, 0.3) is 11.1 Å². The maximum absolute atomic E-state index is 12.6. The van der Waals surface area contributed by atoms with Gasteiger partial charge in [0.25, 0.3) is 0 Å². The first kappa shape index (κ1) is 22.1. The molecule has 0 saturated carbocycles. The van der Waals surface area contributed by atoms with Gasteiger partial charge in [0.1, 0.15) is 0 Å². The first-order valence-electron chi connectivity index (χ1n) is 8.93. The van der Waals surface area contributed by atoms with E-state index in [9.17, 15) is 4.79 Å². The topological polar surface area (TPSA) is 42.7 Å². The second kappa shape index (κ2) is 10.4. The largest absolute Gasteiger partial charge is 1.00 e. The lowest BCUT2D eigenvalue weighted by molar-refractivity contribution is -0.520. The highest BCUT2D eigenvalue weighted by Crippen LogP contribution is 2.37. The van der Waals surface area contributed by atoms with Crippen LogP contribution in [0.2, 0.25) is 5.02 Å². The van der Waals surface area contributed by atoms with Crippen LogP contribution >= 0.6 is 23.1 Å². The summed E-state index contributed by atoms with van der Waals surface area (Å²) < 4.78 is 12.6. The molecule has 1 aromatic heterocycles. The van der Waals surface area contributed by atoms with E-state index in [0.717, 1.165) is 47.8 Å². The lowest BCUT2D eigenvalue weighted by Crippen LogP contribution is -3.00. The average Bonchev–Trinajstić information content (AvgIpc) is 3.01. The van der Waals surface area contributed by atoms with Crippen LogP contribution in [0, 0.1) is 6.92 Å². The minimum atomic E-state index is -0.310. The highest BCUT2D eigenvalue weighted by atomic mass is 79.9. The van der Waals surface area contributed by atoms with Crippen LogP contribution in [0.4, 0.5) is 9.80 Å². The highest BCUT2D eigenvalue weighted by Gasteiger charge is 2.34. The third-order valence-corrected chi connectivity index (χ3v) is 5.87. The van der Waals surface area contributed by atoms with Crippen LogP contribution in [0.5, 0.6) is 0 Å². The van der Waals surface area contributed by atoms with Crippen molar-refractivity contribution < 1.29 is 35.2 Å². The summed E-state index contributed by atoms with van der Waals surface area (Å²) in [6.07, 6.45) is 1.56. The minimum absolute atomic E-state index is 0. The van der Waals surface area contributed by atoms with E-state index in [4.69, 9.17) is 21.1 Å². The average molecular weight is 476 g/mol. The molecule has 0 amide bonds. The lowest BCUT2D eigenvalue weighted by Gasteiger charge is -2.27. The van der Waals surface area contributed by atoms with Crippen LogP contribution in [-0.2, 0) is 9.47 Å². The molecule has 0 unspecified atom stereocenters. The van der Waals surface area contributed by atoms with Crippen molar-refractivity contribution in [3.05, 3.63) is 35.0 Å². The summed E-state index contributed by atoms with van der Waals surface area (Å²) in [4.78, 5) is 14.8. The van der Waals surface area contributed by atoms with Gasteiger partial charge in [-0.2, -0.15) is 4.79 Å². The molecule has 1 aromatic carbocycles. The van der Waals surface area contributed by atoms with Crippen molar-refractivity contribution >= 4 is 34.2 Å². The number of anilines is 1. The molecular weight excluding hydrogens is 452 g/mol. The number of benzene rings is 1. The number of hydrogen-bond donors (Lipinski definition) is 0. The molecule has 148 valence electrons. The standard InChI is InChI=1S/C19H24ClN2O3S.BrH/c1-3-4-11-25-19(23)22-14(2)17(15-5-7-16(20)8-6-15)18(26-22)21-9-12-24-13-10-21;/h5-8H,3-4,9-13H2,1-2H3;1H/q+1;/p-1. The molecule has 1 aliphatic heterocycles. The Morgan fingerprint density at radius 1 is 1.30 bits per heavy atom. The van der Waals surface area contributed by atoms with Gasteiger partial charge < -0.3 is 31.4 Å². The Labute approximate surface area is 179 Å². The summed E-state index contributed by atoms with van der Waals surface area (Å²) in [6.45, 7) is 7.49. The van der Waals surface area contributed by atoms with E-state index in [1.54, 1.807) is 3.96 Å². The Morgan fingerprint density at radius 3 is 2.59 bits per heavy atom. The van der Waals surface area contributed by atoms with Gasteiger partial charge in [-0.05, 0) is 28.1 Å². The SMILES string of the molecule is CCCCOC(=O)[n+]1sc(N2CCOCC2)c(-c2ccc(Cl)cc2)c1C.[Br-]. The van der Waals surface area contributed by atoms with Crippen molar-refractivity contribution in [1.29, 1.82) is 0 Å². The van der Waals surface area contributed by atoms with Gasteiger partial charge in [0.15, 0.2) is 16.5 Å². The number of rotatable bonds is 5. The first-order valence-corrected chi connectivity index (χ1v) is 10.1. The van der Waals surface area contributed by atoms with Crippen LogP contribution in [0.15, 0.2) is 24.3 Å². The number of carbonyl (C=O) groups excluding carboxylic acids is 1. The van der Waals surface area contributed by atoms with Crippen molar-refractivity contribution in [2.75, 3.05) is 37.8 Å². The third-order valence-electron chi connectivity index (χ3n) is 4.38. The van der Waals surface area contributed by atoms with Crippen molar-refractivity contribution in [3.8, 4) is 11.1 Å². The lowest BCUT2D eigenvalue weighted by atomic mass is 10.1. The third kappa shape index (κ3) is 5.22. The maximum atomic E-state index is 12.6. The van der Waals surface area contributed by atoms with Gasteiger partial charge in [-0.15, -0.1) is 0 Å². The van der Waals surface area contributed by atoms with E-state index in [2.05, 4.69) is 11.8 Å². The Bertz CT molecular complexity index is 761. The molecule has 8 heteroatoms. The number of hydrogen-bond acceptors (Lipinski definition) is 5. The molecule has 1 fully saturated rings. The summed E-state index contributed by atoms with van der Waals surface area (Å²) in [7, 11) is 0. The highest BCUT2D eigenvalue weighted by molar-refractivity contribution is 7.07. The van der Waals surface area contributed by atoms with Crippen molar-refractivity contribution in [2.24, 2.45) is 0 Å². The van der Waals surface area contributed by atoms with Crippen LogP contribution in [0.3, 0.4) is 0 Å². The smallest absolute Gasteiger partial charge is 0.616 e. The van der Waals surface area contributed by atoms with Crippen molar-refractivity contribution in [2.45, 2.75) is 26.7 Å². The molecule has 1 saturated heterocycles. The number of morpholine rings is 1. The number of carbonyl (C=O) groups is 1. The first-order chi connectivity index (χ1) is 12.6. The molecular formula is C19H24BrClN2O3S. The van der Waals surface area contributed by atoms with E-state index in [1.165, 1.54) is 11.5 Å². The molecule has 3 rings (SSSR count). The predicted molar refractivity (Wildman–Crippen MR) is 104 cm³/mol. The van der Waals surface area contributed by atoms with Gasteiger partial charge in [0, 0.05) is 25.0 Å². The molecule has 2 heterocycles. The normalized spacial score (nSPS) is 14.0. The van der Waals surface area contributed by atoms with E-state index >= 15 is 0 Å². The zero-order valence-electron chi connectivity index (χ0n) is 15.5. The zero-order valence-corrected chi connectivity index (χ0v) is 18.7. The number of unbranched alkanes of at least 4 members (excludes halogenated alkanes) is 1. The molecule has 0 radical (unpaired) electrons. The Morgan fingerprint density at radius 2 is 1.96 bits per heavy atom. The molecule has 1 aliphatic rings. The summed E-state index contributed by atoms with van der Waals surface area (Å²) in [5.41, 5.74) is 2.99. The molecule has 5 nitrogen and oxygen atoms in total. The number of nitrogens with zero attached hydrogens (tertiary/aromatic N) is 2. The minimum Gasteiger partial charge on any atom is -1.00 e. The van der Waals surface area contributed by atoms with Gasteiger partial charge in [-0.1, -0.05) is 37.1 Å². The molecule has 0 bridgehead atoms. The fourth-order valence-corrected chi connectivity index (χ4v) is 4.23. The Kier molecular flexibility index (Phi) is 8.54. The molecule has 2 aromatic rings. The number of aromatic nitrogens is 1. The van der Waals surface area contributed by atoms with Gasteiger partial charge >= 0.3 is 6.09 Å². The quantitative estimate of drug-likeness (QED) is 0.483. The second-order valence-electron chi connectivity index (χ2n) is 6.23. The second-order valence-corrected chi connectivity index (χ2v) is 7.60. The van der Waals surface area contributed by atoms with E-state index in [1.807, 2.05) is 31.2 Å². The summed E-state index contributed by atoms with van der Waals surface area (Å²) in [5.74, 6) is 0. The fourth-order valence-electron chi connectivity index (χ4n) is 2.92. The van der Waals surface area contributed by atoms with Gasteiger partial charge in [-0.25, -0.2) is 0 Å². The molecule has 0 aliphatic carbocycles. The Balaban J connectivity index is 0.00000261. The van der Waals surface area contributed by atoms with E-state index in [0.29, 0.717) is 24.8 Å². The van der Waals surface area contributed by atoms with Crippen LogP contribution < -0.4 is 25.8 Å². The molecule has 0 N–H and O–H groups in total. The number of ether oxygens (including phenoxy) is 2. The zero-order chi connectivity index (χ0) is 18.5. The monoisotopic (exact) mass is 474 g/mol. The van der Waals surface area contributed by atoms with Gasteiger partial charge in [-0.3, -0.25) is 0 Å². The van der Waals surface area contributed by atoms with Crippen LogP contribution in [0.1, 0.15) is 25.5 Å². The van der Waals surface area contributed by atoms with Crippen molar-refractivity contribution in [1.82, 2.24) is 0 Å². The van der Waals surface area contributed by atoms with Gasteiger partial charge in [0.05, 0.1) is 25.4 Å². The number of halogens is 2. The van der Waals surface area contributed by atoms with Crippen molar-refractivity contribution in [3.63, 3.8) is 0 Å². The van der Waals surface area contributed by atoms with E-state index < -0.39 is 0 Å². The molecule has 0 spiro atoms. The predicted octanol–water partition coefficient (Wildman–Crippen LogP) is 1.29. The Hall–Kier alpha value is -1.15. The van der Waals surface area contributed by atoms with Crippen LogP contribution in [-0.4, -0.2) is 39.0 Å².